The van der Waals surface area contributed by atoms with Crippen LogP contribution in [-0.4, -0.2) is 15.3 Å². The molecule has 3 nitrogen and oxygen atoms in total. The summed E-state index contributed by atoms with van der Waals surface area (Å²) in [6.45, 7) is 1.82. The molecular formula is C28H28O3. The van der Waals surface area contributed by atoms with E-state index in [9.17, 15) is 15.3 Å². The van der Waals surface area contributed by atoms with E-state index in [2.05, 4.69) is 0 Å². The Morgan fingerprint density at radius 1 is 0.548 bits per heavy atom. The van der Waals surface area contributed by atoms with Crippen LogP contribution in [0.1, 0.15) is 29.2 Å². The number of rotatable bonds is 5. The van der Waals surface area contributed by atoms with Crippen molar-refractivity contribution in [3.63, 3.8) is 0 Å². The van der Waals surface area contributed by atoms with Gasteiger partial charge in [0.2, 0.25) is 0 Å². The van der Waals surface area contributed by atoms with Gasteiger partial charge in [0, 0.05) is 5.56 Å². The summed E-state index contributed by atoms with van der Waals surface area (Å²) in [5.41, 5.74) is 2.73. The molecule has 0 atom stereocenters. The molecule has 0 amide bonds. The van der Waals surface area contributed by atoms with Gasteiger partial charge in [0.05, 0.1) is 0 Å². The maximum atomic E-state index is 10.5. The van der Waals surface area contributed by atoms with Gasteiger partial charge in [-0.05, 0) is 48.6 Å². The van der Waals surface area contributed by atoms with Crippen LogP contribution >= 0.6 is 0 Å². The second kappa shape index (κ2) is 10.5. The van der Waals surface area contributed by atoms with Crippen molar-refractivity contribution in [1.29, 1.82) is 0 Å². The van der Waals surface area contributed by atoms with Gasteiger partial charge in [-0.15, -0.1) is 0 Å². The Morgan fingerprint density at radius 2 is 0.968 bits per heavy atom. The molecule has 0 spiro atoms. The molecule has 0 aliphatic rings. The summed E-state index contributed by atoms with van der Waals surface area (Å²) >= 11 is 0. The normalized spacial score (nSPS) is 10.8. The number of aryl methyl sites for hydroxylation is 1. The molecule has 0 unspecified atom stereocenters. The highest BCUT2D eigenvalue weighted by Crippen LogP contribution is 2.28. The van der Waals surface area contributed by atoms with Crippen molar-refractivity contribution in [3.8, 4) is 11.5 Å². The number of aliphatic hydroxyl groups is 1. The quantitative estimate of drug-likeness (QED) is 0.387. The Kier molecular flexibility index (Phi) is 7.47. The monoisotopic (exact) mass is 412 g/mol. The van der Waals surface area contributed by atoms with Gasteiger partial charge in [-0.3, -0.25) is 0 Å². The zero-order chi connectivity index (χ0) is 22.1. The molecule has 4 aromatic carbocycles. The average Bonchev–Trinajstić information content (AvgIpc) is 2.81. The number of hydrogen-bond donors (Lipinski definition) is 3. The van der Waals surface area contributed by atoms with E-state index in [4.69, 9.17) is 0 Å². The molecule has 3 heteroatoms. The predicted octanol–water partition coefficient (Wildman–Crippen LogP) is 5.83. The second-order valence-electron chi connectivity index (χ2n) is 7.56. The molecule has 31 heavy (non-hydrogen) atoms. The Bertz CT molecular complexity index is 997. The average molecular weight is 413 g/mol. The minimum Gasteiger partial charge on any atom is -0.508 e. The summed E-state index contributed by atoms with van der Waals surface area (Å²) in [4.78, 5) is 0. The predicted molar refractivity (Wildman–Crippen MR) is 125 cm³/mol. The van der Waals surface area contributed by atoms with Gasteiger partial charge in [-0.25, -0.2) is 0 Å². The Labute approximate surface area is 183 Å². The fraction of sp³-hybridized carbons (Fsp3) is 0.143. The minimum atomic E-state index is -0.914. The first-order valence-corrected chi connectivity index (χ1v) is 10.4. The molecule has 4 rings (SSSR count). The molecule has 4 aromatic rings. The Morgan fingerprint density at radius 3 is 1.42 bits per heavy atom. The lowest BCUT2D eigenvalue weighted by atomic mass is 9.88. The summed E-state index contributed by atoms with van der Waals surface area (Å²) in [5.74, 6) is 0.326. The maximum absolute atomic E-state index is 10.5. The van der Waals surface area contributed by atoms with Gasteiger partial charge >= 0.3 is 0 Å². The van der Waals surface area contributed by atoms with E-state index >= 15 is 0 Å². The smallest absolute Gasteiger partial charge is 0.122 e. The van der Waals surface area contributed by atoms with Crippen LogP contribution in [-0.2, 0) is 18.4 Å². The Balaban J connectivity index is 0.000000176. The van der Waals surface area contributed by atoms with Crippen molar-refractivity contribution < 1.29 is 15.3 Å². The van der Waals surface area contributed by atoms with Crippen molar-refractivity contribution in [1.82, 2.24) is 0 Å². The van der Waals surface area contributed by atoms with Crippen LogP contribution in [0.25, 0.3) is 0 Å². The third-order valence-electron chi connectivity index (χ3n) is 5.30. The molecule has 0 aromatic heterocycles. The molecule has 0 aliphatic carbocycles. The van der Waals surface area contributed by atoms with Crippen molar-refractivity contribution in [2.24, 2.45) is 0 Å². The van der Waals surface area contributed by atoms with Crippen molar-refractivity contribution >= 4 is 0 Å². The van der Waals surface area contributed by atoms with E-state index in [1.807, 2.05) is 97.9 Å². The number of hydrogen-bond acceptors (Lipinski definition) is 3. The molecule has 0 saturated heterocycles. The minimum absolute atomic E-state index is 0.163. The highest BCUT2D eigenvalue weighted by atomic mass is 16.3. The highest BCUT2D eigenvalue weighted by Gasteiger charge is 2.24. The van der Waals surface area contributed by atoms with Gasteiger partial charge in [-0.1, -0.05) is 97.1 Å². The first-order chi connectivity index (χ1) is 15.0. The lowest BCUT2D eigenvalue weighted by Gasteiger charge is -2.24. The fourth-order valence-electron chi connectivity index (χ4n) is 3.43. The third-order valence-corrected chi connectivity index (χ3v) is 5.30. The van der Waals surface area contributed by atoms with E-state index in [0.717, 1.165) is 17.5 Å². The molecule has 0 saturated carbocycles. The highest BCUT2D eigenvalue weighted by molar-refractivity contribution is 5.43. The van der Waals surface area contributed by atoms with Gasteiger partial charge < -0.3 is 15.3 Å². The van der Waals surface area contributed by atoms with Gasteiger partial charge in [-0.2, -0.15) is 0 Å². The van der Waals surface area contributed by atoms with Gasteiger partial charge in [0.15, 0.2) is 0 Å². The molecule has 0 radical (unpaired) electrons. The SMILES string of the molecule is CC(O)(c1ccccc1)c1ccccc1.Oc1cccc(O)c1CCc1ccccc1. The van der Waals surface area contributed by atoms with Crippen LogP contribution in [0.5, 0.6) is 11.5 Å². The van der Waals surface area contributed by atoms with E-state index in [0.29, 0.717) is 12.0 Å². The lowest BCUT2D eigenvalue weighted by Crippen LogP contribution is -2.22. The Hall–Kier alpha value is -3.56. The molecule has 158 valence electrons. The number of aromatic hydroxyl groups is 2. The molecule has 0 fully saturated rings. The summed E-state index contributed by atoms with van der Waals surface area (Å²) in [6.07, 6.45) is 1.45. The van der Waals surface area contributed by atoms with Crippen LogP contribution in [0, 0.1) is 0 Å². The van der Waals surface area contributed by atoms with Crippen molar-refractivity contribution in [2.45, 2.75) is 25.4 Å². The third kappa shape index (κ3) is 5.97. The van der Waals surface area contributed by atoms with Crippen LogP contribution in [0.3, 0.4) is 0 Å². The van der Waals surface area contributed by atoms with Crippen molar-refractivity contribution in [3.05, 3.63) is 131 Å². The van der Waals surface area contributed by atoms with E-state index in [-0.39, 0.29) is 11.5 Å². The maximum Gasteiger partial charge on any atom is 0.122 e. The molecule has 0 aliphatic heterocycles. The van der Waals surface area contributed by atoms with Crippen LogP contribution in [0.4, 0.5) is 0 Å². The summed E-state index contributed by atoms with van der Waals surface area (Å²) in [7, 11) is 0. The summed E-state index contributed by atoms with van der Waals surface area (Å²) in [5, 5.41) is 29.7. The topological polar surface area (TPSA) is 60.7 Å². The van der Waals surface area contributed by atoms with Crippen molar-refractivity contribution in [2.75, 3.05) is 0 Å². The van der Waals surface area contributed by atoms with E-state index < -0.39 is 5.60 Å². The lowest BCUT2D eigenvalue weighted by molar-refractivity contribution is 0.102. The fourth-order valence-corrected chi connectivity index (χ4v) is 3.43. The number of phenolic OH excluding ortho intramolecular Hbond substituents is 2. The largest absolute Gasteiger partial charge is 0.508 e. The zero-order valence-electron chi connectivity index (χ0n) is 17.6. The van der Waals surface area contributed by atoms with Gasteiger partial charge in [0.25, 0.3) is 0 Å². The molecule has 3 N–H and O–H groups in total. The molecular weight excluding hydrogens is 384 g/mol. The second-order valence-corrected chi connectivity index (χ2v) is 7.56. The first kappa shape index (κ1) is 22.1. The molecule has 0 bridgehead atoms. The standard InChI is InChI=1S/C14H14O2.C14H14O/c15-13-7-4-8-14(16)12(13)10-9-11-5-2-1-3-6-11;1-14(15,12-8-4-2-5-9-12)13-10-6-3-7-11-13/h1-8,15-16H,9-10H2;2-11,15H,1H3. The van der Waals surface area contributed by atoms with Gasteiger partial charge in [0.1, 0.15) is 17.1 Å². The van der Waals surface area contributed by atoms with E-state index in [1.165, 1.54) is 5.56 Å². The van der Waals surface area contributed by atoms with E-state index in [1.54, 1.807) is 18.2 Å². The number of phenols is 2. The van der Waals surface area contributed by atoms with Crippen LogP contribution in [0.2, 0.25) is 0 Å². The molecule has 0 heterocycles. The first-order valence-electron chi connectivity index (χ1n) is 10.4. The number of benzene rings is 4. The van der Waals surface area contributed by atoms with Crippen LogP contribution < -0.4 is 0 Å². The zero-order valence-corrected chi connectivity index (χ0v) is 17.6. The van der Waals surface area contributed by atoms with Crippen LogP contribution in [0.15, 0.2) is 109 Å². The summed E-state index contributed by atoms with van der Waals surface area (Å²) < 4.78 is 0. The summed E-state index contributed by atoms with van der Waals surface area (Å²) in [6, 6.07) is 34.3.